The van der Waals surface area contributed by atoms with Crippen LogP contribution in [0.5, 0.6) is 5.75 Å². The van der Waals surface area contributed by atoms with Gasteiger partial charge >= 0.3 is 12.2 Å². The predicted octanol–water partition coefficient (Wildman–Crippen LogP) is 5.57. The van der Waals surface area contributed by atoms with E-state index in [1.807, 2.05) is 6.92 Å². The Morgan fingerprint density at radius 2 is 1.88 bits per heavy atom. The molecule has 3 aromatic rings. The molecule has 10 heteroatoms. The van der Waals surface area contributed by atoms with Crippen LogP contribution in [0.1, 0.15) is 37.1 Å². The lowest BCUT2D eigenvalue weighted by Crippen LogP contribution is -2.41. The maximum Gasteiger partial charge on any atom is 0.416 e. The van der Waals surface area contributed by atoms with Gasteiger partial charge < -0.3 is 19.4 Å². The molecule has 0 spiro atoms. The van der Waals surface area contributed by atoms with E-state index in [-0.39, 0.29) is 17.8 Å². The Morgan fingerprint density at radius 3 is 2.55 bits per heavy atom. The van der Waals surface area contributed by atoms with Crippen molar-refractivity contribution in [1.82, 2.24) is 15.1 Å². The Labute approximate surface area is 188 Å². The molecule has 1 atom stereocenters. The molecule has 2 aromatic carbocycles. The van der Waals surface area contributed by atoms with Gasteiger partial charge in [-0.25, -0.2) is 4.79 Å². The molecule has 174 valence electrons. The predicted molar refractivity (Wildman–Crippen MR) is 115 cm³/mol. The third-order valence-corrected chi connectivity index (χ3v) is 5.37. The number of hydrogen-bond donors (Lipinski definition) is 1. The minimum atomic E-state index is -4.41. The van der Waals surface area contributed by atoms with Crippen LogP contribution in [0.3, 0.4) is 0 Å². The average Bonchev–Trinajstić information content (AvgIpc) is 3.31. The van der Waals surface area contributed by atoms with Crippen LogP contribution in [0.4, 0.5) is 23.7 Å². The highest BCUT2D eigenvalue weighted by molar-refractivity contribution is 5.89. The molecule has 1 N–H and O–H groups in total. The van der Waals surface area contributed by atoms with E-state index in [0.29, 0.717) is 36.8 Å². The summed E-state index contributed by atoms with van der Waals surface area (Å²) in [5.41, 5.74) is 0.322. The summed E-state index contributed by atoms with van der Waals surface area (Å²) in [6, 6.07) is 11.5. The summed E-state index contributed by atoms with van der Waals surface area (Å²) in [4.78, 5) is 14.4. The number of carbonyl (C=O) groups is 1. The van der Waals surface area contributed by atoms with Crippen molar-refractivity contribution in [2.75, 3.05) is 25.0 Å². The Kier molecular flexibility index (Phi) is 6.52. The number of alkyl halides is 3. The Morgan fingerprint density at radius 1 is 1.15 bits per heavy atom. The monoisotopic (exact) mass is 460 g/mol. The Bertz CT molecular complexity index is 1080. The van der Waals surface area contributed by atoms with Gasteiger partial charge in [-0.2, -0.15) is 13.2 Å². The summed E-state index contributed by atoms with van der Waals surface area (Å²) < 4.78 is 49.4. The standard InChI is InChI=1S/C23H23F3N4O3/c1-2-32-19-11-9-18(10-12-19)27-22(31)30-13-3-4-16(14-30)21-29-28-20(33-21)15-5-7-17(8-6-15)23(24,25)26/h5-12,16H,2-4,13-14H2,1H3,(H,27,31). The summed E-state index contributed by atoms with van der Waals surface area (Å²) in [5, 5.41) is 10.9. The summed E-state index contributed by atoms with van der Waals surface area (Å²) in [6.07, 6.45) is -2.88. The van der Waals surface area contributed by atoms with Crippen LogP contribution in [0.2, 0.25) is 0 Å². The number of rotatable bonds is 5. The molecule has 0 radical (unpaired) electrons. The highest BCUT2D eigenvalue weighted by atomic mass is 19.4. The molecule has 0 aliphatic carbocycles. The fourth-order valence-corrected chi connectivity index (χ4v) is 3.68. The molecule has 1 aliphatic rings. The number of carbonyl (C=O) groups excluding carboxylic acids is 1. The van der Waals surface area contributed by atoms with Crippen LogP contribution in [0, 0.1) is 0 Å². The molecular formula is C23H23F3N4O3. The van der Waals surface area contributed by atoms with Crippen LogP contribution in [-0.2, 0) is 6.18 Å². The van der Waals surface area contributed by atoms with Gasteiger partial charge in [0.2, 0.25) is 11.8 Å². The number of piperidine rings is 1. The van der Waals surface area contributed by atoms with E-state index in [1.54, 1.807) is 29.2 Å². The number of hydrogen-bond acceptors (Lipinski definition) is 5. The molecule has 0 bridgehead atoms. The zero-order chi connectivity index (χ0) is 23.4. The molecule has 33 heavy (non-hydrogen) atoms. The van der Waals surface area contributed by atoms with Crippen LogP contribution in [-0.4, -0.2) is 40.8 Å². The number of urea groups is 1. The number of benzene rings is 2. The van der Waals surface area contributed by atoms with E-state index in [2.05, 4.69) is 15.5 Å². The van der Waals surface area contributed by atoms with Crippen molar-refractivity contribution in [3.05, 3.63) is 60.0 Å². The van der Waals surface area contributed by atoms with Crippen molar-refractivity contribution < 1.29 is 27.1 Å². The summed E-state index contributed by atoms with van der Waals surface area (Å²) in [7, 11) is 0. The first-order valence-corrected chi connectivity index (χ1v) is 10.6. The molecule has 1 aromatic heterocycles. The smallest absolute Gasteiger partial charge is 0.416 e. The van der Waals surface area contributed by atoms with E-state index in [9.17, 15) is 18.0 Å². The summed E-state index contributed by atoms with van der Waals surface area (Å²) in [5.74, 6) is 1.09. The van der Waals surface area contributed by atoms with Gasteiger partial charge in [-0.05, 0) is 68.3 Å². The van der Waals surface area contributed by atoms with Crippen LogP contribution >= 0.6 is 0 Å². The van der Waals surface area contributed by atoms with E-state index in [1.165, 1.54) is 12.1 Å². The maximum absolute atomic E-state index is 12.8. The number of aromatic nitrogens is 2. The van der Waals surface area contributed by atoms with Crippen molar-refractivity contribution >= 4 is 11.7 Å². The summed E-state index contributed by atoms with van der Waals surface area (Å²) >= 11 is 0. The number of anilines is 1. The lowest BCUT2D eigenvalue weighted by atomic mass is 9.98. The summed E-state index contributed by atoms with van der Waals surface area (Å²) in [6.45, 7) is 3.46. The number of halogens is 3. The van der Waals surface area contributed by atoms with Crippen molar-refractivity contribution in [3.8, 4) is 17.2 Å². The van der Waals surface area contributed by atoms with Gasteiger partial charge in [0.1, 0.15) is 5.75 Å². The maximum atomic E-state index is 12.8. The number of nitrogens with one attached hydrogen (secondary N) is 1. The SMILES string of the molecule is CCOc1ccc(NC(=O)N2CCCC(c3nnc(-c4ccc(C(F)(F)F)cc4)o3)C2)cc1. The molecule has 1 unspecified atom stereocenters. The van der Waals surface area contributed by atoms with Gasteiger partial charge in [0.05, 0.1) is 18.1 Å². The second-order valence-electron chi connectivity index (χ2n) is 7.69. The van der Waals surface area contributed by atoms with Crippen molar-refractivity contribution in [3.63, 3.8) is 0 Å². The van der Waals surface area contributed by atoms with Gasteiger partial charge in [-0.3, -0.25) is 0 Å². The quantitative estimate of drug-likeness (QED) is 0.539. The lowest BCUT2D eigenvalue weighted by molar-refractivity contribution is -0.137. The second-order valence-corrected chi connectivity index (χ2v) is 7.69. The molecule has 1 saturated heterocycles. The number of likely N-dealkylation sites (tertiary alicyclic amines) is 1. The van der Waals surface area contributed by atoms with Crippen LogP contribution < -0.4 is 10.1 Å². The van der Waals surface area contributed by atoms with E-state index >= 15 is 0 Å². The van der Waals surface area contributed by atoms with Gasteiger partial charge in [-0.15, -0.1) is 10.2 Å². The third kappa shape index (κ3) is 5.44. The van der Waals surface area contributed by atoms with Crippen LogP contribution in [0.25, 0.3) is 11.5 Å². The first-order chi connectivity index (χ1) is 15.8. The normalized spacial score (nSPS) is 16.5. The zero-order valence-corrected chi connectivity index (χ0v) is 17.9. The van der Waals surface area contributed by atoms with Gasteiger partial charge in [-0.1, -0.05) is 0 Å². The van der Waals surface area contributed by atoms with E-state index < -0.39 is 11.7 Å². The highest BCUT2D eigenvalue weighted by Gasteiger charge is 2.31. The topological polar surface area (TPSA) is 80.5 Å². The van der Waals surface area contributed by atoms with E-state index in [4.69, 9.17) is 9.15 Å². The Hall–Kier alpha value is -3.56. The first kappa shape index (κ1) is 22.6. The average molecular weight is 460 g/mol. The van der Waals surface area contributed by atoms with Crippen molar-refractivity contribution in [2.24, 2.45) is 0 Å². The minimum absolute atomic E-state index is 0.148. The first-order valence-electron chi connectivity index (χ1n) is 10.6. The number of ether oxygens (including phenoxy) is 1. The molecule has 1 aliphatic heterocycles. The number of amides is 2. The van der Waals surface area contributed by atoms with Crippen LogP contribution in [0.15, 0.2) is 52.9 Å². The molecule has 4 rings (SSSR count). The van der Waals surface area contributed by atoms with Crippen molar-refractivity contribution in [2.45, 2.75) is 31.9 Å². The molecule has 2 heterocycles. The Balaban J connectivity index is 1.39. The molecule has 2 amide bonds. The molecule has 1 fully saturated rings. The second kappa shape index (κ2) is 9.51. The van der Waals surface area contributed by atoms with Gasteiger partial charge in [0, 0.05) is 24.3 Å². The lowest BCUT2D eigenvalue weighted by Gasteiger charge is -2.31. The fourth-order valence-electron chi connectivity index (χ4n) is 3.68. The minimum Gasteiger partial charge on any atom is -0.494 e. The fraction of sp³-hybridized carbons (Fsp3) is 0.348. The number of nitrogens with zero attached hydrogens (tertiary/aromatic N) is 3. The van der Waals surface area contributed by atoms with Gasteiger partial charge in [0.15, 0.2) is 0 Å². The molecule has 7 nitrogen and oxygen atoms in total. The third-order valence-electron chi connectivity index (χ3n) is 5.37. The molecular weight excluding hydrogens is 437 g/mol. The zero-order valence-electron chi connectivity index (χ0n) is 17.9. The van der Waals surface area contributed by atoms with Crippen molar-refractivity contribution in [1.29, 1.82) is 0 Å². The highest BCUT2D eigenvalue weighted by Crippen LogP contribution is 2.32. The van der Waals surface area contributed by atoms with Gasteiger partial charge in [0.25, 0.3) is 0 Å². The largest absolute Gasteiger partial charge is 0.494 e. The molecule has 0 saturated carbocycles. The van der Waals surface area contributed by atoms with E-state index in [0.717, 1.165) is 30.7 Å².